The molecule has 0 aliphatic heterocycles. The minimum atomic E-state index is -0.562. The molecule has 0 saturated carbocycles. The lowest BCUT2D eigenvalue weighted by molar-refractivity contribution is -0.384. The van der Waals surface area contributed by atoms with E-state index in [-0.39, 0.29) is 21.1 Å². The second-order valence-corrected chi connectivity index (χ2v) is 9.84. The molecule has 5 nitrogen and oxygen atoms in total. The topological polar surface area (TPSA) is 79.3 Å². The van der Waals surface area contributed by atoms with Gasteiger partial charge in [0, 0.05) is 22.7 Å². The van der Waals surface area contributed by atoms with Crippen molar-refractivity contribution in [2.75, 3.05) is 0 Å². The summed E-state index contributed by atoms with van der Waals surface area (Å²) in [5, 5.41) is 21.6. The van der Waals surface area contributed by atoms with Gasteiger partial charge in [0.05, 0.1) is 15.5 Å². The minimum Gasteiger partial charge on any atom is -0.258 e. The van der Waals surface area contributed by atoms with Gasteiger partial charge in [-0.15, -0.1) is 11.3 Å². The Morgan fingerprint density at radius 2 is 2.07 bits per heavy atom. The zero-order valence-electron chi connectivity index (χ0n) is 15.8. The van der Waals surface area contributed by atoms with Gasteiger partial charge in [0.25, 0.3) is 5.69 Å². The molecule has 0 amide bonds. The van der Waals surface area contributed by atoms with Crippen molar-refractivity contribution in [1.29, 1.82) is 5.26 Å². The van der Waals surface area contributed by atoms with Gasteiger partial charge in [-0.25, -0.2) is 4.99 Å². The molecule has 146 valence electrons. The smallest absolute Gasteiger partial charge is 0.258 e. The minimum absolute atomic E-state index is 0.0235. The Morgan fingerprint density at radius 3 is 2.68 bits per heavy atom. The number of hydrogen-bond donors (Lipinski definition) is 0. The van der Waals surface area contributed by atoms with Crippen LogP contribution in [0.4, 0.5) is 10.7 Å². The molecule has 0 radical (unpaired) electrons. The number of fused-ring (bicyclic) bond motifs is 1. The van der Waals surface area contributed by atoms with Crippen molar-refractivity contribution in [3.05, 3.63) is 53.9 Å². The summed E-state index contributed by atoms with van der Waals surface area (Å²) < 4.78 is 0. The van der Waals surface area contributed by atoms with Gasteiger partial charge in [-0.1, -0.05) is 44.0 Å². The van der Waals surface area contributed by atoms with Gasteiger partial charge >= 0.3 is 0 Å². The Morgan fingerprint density at radius 1 is 1.36 bits per heavy atom. The number of aliphatic imine (C=N–C) groups is 1. The fraction of sp³-hybridized carbons (Fsp3) is 0.400. The highest BCUT2D eigenvalue weighted by Crippen LogP contribution is 2.45. The lowest BCUT2D eigenvalue weighted by atomic mass is 9.72. The van der Waals surface area contributed by atoms with Gasteiger partial charge in [0.2, 0.25) is 0 Å². The molecule has 1 aliphatic rings. The molecule has 1 heterocycles. The van der Waals surface area contributed by atoms with E-state index in [0.29, 0.717) is 22.0 Å². The van der Waals surface area contributed by atoms with Crippen LogP contribution in [-0.4, -0.2) is 11.1 Å². The Balaban J connectivity index is 1.97. The van der Waals surface area contributed by atoms with Crippen molar-refractivity contribution in [3.8, 4) is 6.07 Å². The molecular weight excluding hydrogens is 417 g/mol. The molecule has 0 fully saturated rings. The van der Waals surface area contributed by atoms with Crippen LogP contribution in [0.1, 0.15) is 48.8 Å². The second-order valence-electron chi connectivity index (χ2n) is 7.94. The van der Waals surface area contributed by atoms with E-state index in [1.807, 2.05) is 0 Å². The van der Waals surface area contributed by atoms with E-state index < -0.39 is 4.92 Å². The van der Waals surface area contributed by atoms with Crippen LogP contribution >= 0.6 is 34.5 Å². The van der Waals surface area contributed by atoms with Crippen molar-refractivity contribution in [1.82, 2.24) is 0 Å². The molecule has 1 aromatic heterocycles. The van der Waals surface area contributed by atoms with Gasteiger partial charge < -0.3 is 0 Å². The van der Waals surface area contributed by atoms with Crippen molar-refractivity contribution in [2.24, 2.45) is 16.3 Å². The van der Waals surface area contributed by atoms with E-state index >= 15 is 0 Å². The normalized spacial score (nSPS) is 16.8. The van der Waals surface area contributed by atoms with E-state index in [0.717, 1.165) is 24.8 Å². The van der Waals surface area contributed by atoms with Crippen molar-refractivity contribution in [2.45, 2.75) is 40.0 Å². The lowest BCUT2D eigenvalue weighted by Gasteiger charge is -2.33. The summed E-state index contributed by atoms with van der Waals surface area (Å²) in [5.74, 6) is 0.565. The van der Waals surface area contributed by atoms with Crippen molar-refractivity contribution >= 4 is 51.4 Å². The standard InChI is InChI=1S/C20H19Cl2N3O2S/c1-20(2,3)12-4-5-13-14(9-23)19(28-18(13)7-12)24-10-11-6-17(25(26)27)16(22)8-15(11)21/h6,8,10,12H,4-5,7H2,1-3H3/t12-/m0/s1. The number of thiophene rings is 1. The van der Waals surface area contributed by atoms with Crippen LogP contribution in [0.2, 0.25) is 10.0 Å². The summed E-state index contributed by atoms with van der Waals surface area (Å²) in [6, 6.07) is 4.91. The van der Waals surface area contributed by atoms with Crippen molar-refractivity contribution in [3.63, 3.8) is 0 Å². The van der Waals surface area contributed by atoms with Gasteiger partial charge in [-0.2, -0.15) is 5.26 Å². The molecule has 0 saturated heterocycles. The highest BCUT2D eigenvalue weighted by atomic mass is 35.5. The predicted molar refractivity (Wildman–Crippen MR) is 114 cm³/mol. The Kier molecular flexibility index (Phi) is 5.81. The van der Waals surface area contributed by atoms with Gasteiger partial charge in [-0.05, 0) is 42.2 Å². The Bertz CT molecular complexity index is 1020. The van der Waals surface area contributed by atoms with Crippen LogP contribution < -0.4 is 0 Å². The maximum absolute atomic E-state index is 11.1. The summed E-state index contributed by atoms with van der Waals surface area (Å²) in [6.07, 6.45) is 4.34. The van der Waals surface area contributed by atoms with E-state index in [1.54, 1.807) is 0 Å². The summed E-state index contributed by atoms with van der Waals surface area (Å²) in [7, 11) is 0. The zero-order chi connectivity index (χ0) is 20.6. The molecule has 0 unspecified atom stereocenters. The maximum atomic E-state index is 11.1. The van der Waals surface area contributed by atoms with E-state index in [4.69, 9.17) is 23.2 Å². The second kappa shape index (κ2) is 7.82. The van der Waals surface area contributed by atoms with E-state index in [2.05, 4.69) is 31.8 Å². The molecule has 1 aromatic carbocycles. The highest BCUT2D eigenvalue weighted by molar-refractivity contribution is 7.16. The molecule has 1 aliphatic carbocycles. The molecule has 8 heteroatoms. The number of rotatable bonds is 3. The van der Waals surface area contributed by atoms with Crippen LogP contribution in [0.3, 0.4) is 0 Å². The molecule has 0 bridgehead atoms. The average Bonchev–Trinajstić information content (AvgIpc) is 2.96. The first-order valence-electron chi connectivity index (χ1n) is 8.84. The number of nitrogens with zero attached hydrogens (tertiary/aromatic N) is 3. The fourth-order valence-corrected chi connectivity index (χ4v) is 5.16. The van der Waals surface area contributed by atoms with E-state index in [1.165, 1.54) is 34.6 Å². The Labute approximate surface area is 177 Å². The third-order valence-electron chi connectivity index (χ3n) is 5.17. The summed E-state index contributed by atoms with van der Waals surface area (Å²) in [6.45, 7) is 6.74. The molecule has 0 spiro atoms. The number of nitro groups is 1. The van der Waals surface area contributed by atoms with Crippen LogP contribution in [0.25, 0.3) is 0 Å². The van der Waals surface area contributed by atoms with Gasteiger partial charge in [-0.3, -0.25) is 10.1 Å². The molecule has 0 N–H and O–H groups in total. The molecule has 28 heavy (non-hydrogen) atoms. The SMILES string of the molecule is CC(C)(C)[C@H]1CCc2c(sc(N=Cc3cc([N+](=O)[O-])c(Cl)cc3Cl)c2C#N)C1. The monoisotopic (exact) mass is 435 g/mol. The first-order chi connectivity index (χ1) is 13.1. The number of nitriles is 1. The third kappa shape index (κ3) is 4.07. The van der Waals surface area contributed by atoms with Crippen molar-refractivity contribution < 1.29 is 4.92 Å². The van der Waals surface area contributed by atoms with Crippen LogP contribution in [-0.2, 0) is 12.8 Å². The van der Waals surface area contributed by atoms with Gasteiger partial charge in [0.1, 0.15) is 16.1 Å². The van der Waals surface area contributed by atoms with E-state index in [9.17, 15) is 15.4 Å². The molecule has 1 atom stereocenters. The Hall–Kier alpha value is -1.94. The summed E-state index contributed by atoms with van der Waals surface area (Å²) in [4.78, 5) is 16.2. The fourth-order valence-electron chi connectivity index (χ4n) is 3.44. The summed E-state index contributed by atoms with van der Waals surface area (Å²) >= 11 is 13.5. The molecule has 2 aromatic rings. The predicted octanol–water partition coefficient (Wildman–Crippen LogP) is 6.74. The highest BCUT2D eigenvalue weighted by Gasteiger charge is 2.32. The third-order valence-corrected chi connectivity index (χ3v) is 6.96. The zero-order valence-corrected chi connectivity index (χ0v) is 18.1. The first kappa shape index (κ1) is 20.8. The first-order valence-corrected chi connectivity index (χ1v) is 10.4. The molecule has 3 rings (SSSR count). The number of benzene rings is 1. The number of nitro benzene ring substituents is 1. The average molecular weight is 436 g/mol. The quantitative estimate of drug-likeness (QED) is 0.304. The van der Waals surface area contributed by atoms with Crippen LogP contribution in [0, 0.1) is 32.8 Å². The number of hydrogen-bond acceptors (Lipinski definition) is 5. The van der Waals surface area contributed by atoms with Gasteiger partial charge in [0.15, 0.2) is 0 Å². The lowest BCUT2D eigenvalue weighted by Crippen LogP contribution is -2.26. The largest absolute Gasteiger partial charge is 0.288 e. The van der Waals surface area contributed by atoms with Crippen LogP contribution in [0.5, 0.6) is 0 Å². The summed E-state index contributed by atoms with van der Waals surface area (Å²) in [5.41, 5.74) is 2.07. The van der Waals surface area contributed by atoms with Crippen LogP contribution in [0.15, 0.2) is 17.1 Å². The maximum Gasteiger partial charge on any atom is 0.288 e. The number of halogens is 2. The molecular formula is C20H19Cl2N3O2S.